The van der Waals surface area contributed by atoms with Crippen LogP contribution in [0.4, 0.5) is 5.69 Å². The van der Waals surface area contributed by atoms with Gasteiger partial charge in [-0.3, -0.25) is 14.6 Å². The highest BCUT2D eigenvalue weighted by atomic mass is 32.2. The molecule has 2 aromatic rings. The van der Waals surface area contributed by atoms with Crippen molar-refractivity contribution in [2.45, 2.75) is 42.8 Å². The Morgan fingerprint density at radius 1 is 1.15 bits per heavy atom. The number of aliphatic imine (C=N–C) groups is 1. The minimum atomic E-state index is -1.02. The number of primary amides is 1. The molecule has 11 heteroatoms. The van der Waals surface area contributed by atoms with Crippen molar-refractivity contribution in [3.8, 4) is 5.69 Å². The summed E-state index contributed by atoms with van der Waals surface area (Å²) in [6.45, 7) is 0.941. The first-order valence-electron chi connectivity index (χ1n) is 11.5. The molecule has 1 aromatic carbocycles. The molecule has 2 fully saturated rings. The Bertz CT molecular complexity index is 1070. The van der Waals surface area contributed by atoms with E-state index in [-0.39, 0.29) is 29.4 Å². The van der Waals surface area contributed by atoms with Crippen LogP contribution in [-0.2, 0) is 9.59 Å². The van der Waals surface area contributed by atoms with Crippen LogP contribution < -0.4 is 11.1 Å². The number of amides is 2. The molecule has 0 spiro atoms. The lowest BCUT2D eigenvalue weighted by molar-refractivity contribution is -0.142. The molecule has 180 valence electrons. The fourth-order valence-electron chi connectivity index (χ4n) is 4.95. The first-order valence-corrected chi connectivity index (χ1v) is 12.3. The SMILES string of the molecule is NC(=O)C1CCN(C(=O)[C@H]2C[C@@H](O)[C@H](O)[C@H]3N=C(Nc4ccc(-n5cccn5)cc4)S[C@@H]32)CC1. The standard InChI is InChI=1S/C23H28N6O4S/c24-21(32)13-6-10-28(11-7-13)22(33)16-12-17(30)19(31)18-20(16)34-23(27-18)26-14-2-4-15(5-3-14)29-9-1-8-25-29/h1-5,8-9,13,16-20,30-31H,6-7,10-12H2,(H2,24,32)(H,26,27)/t16-,17+,18+,19-,20+/m0/s1. The van der Waals surface area contributed by atoms with Crippen molar-refractivity contribution in [3.63, 3.8) is 0 Å². The summed E-state index contributed by atoms with van der Waals surface area (Å²) in [6, 6.07) is 8.98. The van der Waals surface area contributed by atoms with Crippen molar-refractivity contribution in [1.29, 1.82) is 0 Å². The maximum Gasteiger partial charge on any atom is 0.227 e. The van der Waals surface area contributed by atoms with Gasteiger partial charge >= 0.3 is 0 Å². The van der Waals surface area contributed by atoms with Crippen molar-refractivity contribution < 1.29 is 19.8 Å². The number of rotatable bonds is 4. The van der Waals surface area contributed by atoms with Crippen molar-refractivity contribution in [1.82, 2.24) is 14.7 Å². The lowest BCUT2D eigenvalue weighted by Crippen LogP contribution is -2.55. The number of piperidine rings is 1. The van der Waals surface area contributed by atoms with Crippen LogP contribution in [0.1, 0.15) is 19.3 Å². The van der Waals surface area contributed by atoms with Crippen LogP contribution in [0.5, 0.6) is 0 Å². The van der Waals surface area contributed by atoms with E-state index < -0.39 is 24.2 Å². The molecule has 2 amide bonds. The van der Waals surface area contributed by atoms with E-state index in [9.17, 15) is 19.8 Å². The van der Waals surface area contributed by atoms with Gasteiger partial charge in [0.1, 0.15) is 6.10 Å². The maximum absolute atomic E-state index is 13.4. The van der Waals surface area contributed by atoms with Gasteiger partial charge in [-0.15, -0.1) is 0 Å². The van der Waals surface area contributed by atoms with Crippen LogP contribution in [0.25, 0.3) is 5.69 Å². The molecule has 3 heterocycles. The summed E-state index contributed by atoms with van der Waals surface area (Å²) in [5, 5.41) is 28.9. The fraction of sp³-hybridized carbons (Fsp3) is 0.478. The van der Waals surface area contributed by atoms with Crippen molar-refractivity contribution in [2.75, 3.05) is 18.4 Å². The van der Waals surface area contributed by atoms with Crippen LogP contribution in [0.3, 0.4) is 0 Å². The number of hydrogen-bond acceptors (Lipinski definition) is 8. The largest absolute Gasteiger partial charge is 0.390 e. The molecular formula is C23H28N6O4S. The van der Waals surface area contributed by atoms with Gasteiger partial charge in [-0.05, 0) is 49.6 Å². The Labute approximate surface area is 201 Å². The van der Waals surface area contributed by atoms with E-state index in [4.69, 9.17) is 5.73 Å². The molecular weight excluding hydrogens is 456 g/mol. The predicted molar refractivity (Wildman–Crippen MR) is 128 cm³/mol. The van der Waals surface area contributed by atoms with Crippen molar-refractivity contribution >= 4 is 34.4 Å². The normalized spacial score (nSPS) is 29.4. The zero-order valence-electron chi connectivity index (χ0n) is 18.5. The summed E-state index contributed by atoms with van der Waals surface area (Å²) in [6.07, 6.45) is 2.83. The first-order chi connectivity index (χ1) is 16.4. The second-order valence-corrected chi connectivity index (χ2v) is 10.2. The third-order valence-corrected chi connectivity index (χ3v) is 8.21. The molecule has 1 aliphatic carbocycles. The molecule has 2 aliphatic heterocycles. The number of thioether (sulfide) groups is 1. The average molecular weight is 485 g/mol. The molecule has 0 unspecified atom stereocenters. The molecule has 34 heavy (non-hydrogen) atoms. The summed E-state index contributed by atoms with van der Waals surface area (Å²) in [4.78, 5) is 31.2. The molecule has 5 atom stereocenters. The Morgan fingerprint density at radius 3 is 2.53 bits per heavy atom. The summed E-state index contributed by atoms with van der Waals surface area (Å²) < 4.78 is 1.76. The number of benzene rings is 1. The summed E-state index contributed by atoms with van der Waals surface area (Å²) in [5.41, 5.74) is 7.17. The van der Waals surface area contributed by atoms with Gasteiger partial charge in [0.25, 0.3) is 0 Å². The highest BCUT2D eigenvalue weighted by Crippen LogP contribution is 2.42. The topological polar surface area (TPSA) is 146 Å². The smallest absolute Gasteiger partial charge is 0.227 e. The number of carbonyl (C=O) groups excluding carboxylic acids is 2. The van der Waals surface area contributed by atoms with E-state index in [0.29, 0.717) is 31.1 Å². The van der Waals surface area contributed by atoms with E-state index >= 15 is 0 Å². The number of carbonyl (C=O) groups is 2. The maximum atomic E-state index is 13.4. The fourth-order valence-corrected chi connectivity index (χ4v) is 6.32. The Morgan fingerprint density at radius 2 is 1.88 bits per heavy atom. The lowest BCUT2D eigenvalue weighted by Gasteiger charge is -2.40. The van der Waals surface area contributed by atoms with Gasteiger partial charge in [-0.2, -0.15) is 5.10 Å². The van der Waals surface area contributed by atoms with Gasteiger partial charge in [-0.1, -0.05) is 11.8 Å². The van der Waals surface area contributed by atoms with E-state index in [1.54, 1.807) is 15.8 Å². The second-order valence-electron chi connectivity index (χ2n) is 9.03. The van der Waals surface area contributed by atoms with Gasteiger partial charge in [-0.25, -0.2) is 4.68 Å². The summed E-state index contributed by atoms with van der Waals surface area (Å²) >= 11 is 1.43. The molecule has 1 aromatic heterocycles. The lowest BCUT2D eigenvalue weighted by atomic mass is 9.80. The van der Waals surface area contributed by atoms with Gasteiger partial charge in [0.2, 0.25) is 11.8 Å². The van der Waals surface area contributed by atoms with E-state index in [1.807, 2.05) is 36.5 Å². The predicted octanol–water partition coefficient (Wildman–Crippen LogP) is 0.590. The minimum absolute atomic E-state index is 0.0589. The van der Waals surface area contributed by atoms with Crippen LogP contribution in [0, 0.1) is 11.8 Å². The molecule has 5 rings (SSSR count). The zero-order chi connectivity index (χ0) is 23.8. The number of nitrogens with one attached hydrogen (secondary N) is 1. The Hall–Kier alpha value is -2.89. The van der Waals surface area contributed by atoms with Crippen LogP contribution in [0.15, 0.2) is 47.7 Å². The first kappa shape index (κ1) is 22.9. The number of fused-ring (bicyclic) bond motifs is 1. The number of likely N-dealkylation sites (tertiary alicyclic amines) is 1. The average Bonchev–Trinajstić information content (AvgIpc) is 3.52. The second kappa shape index (κ2) is 9.40. The highest BCUT2D eigenvalue weighted by molar-refractivity contribution is 8.15. The molecule has 10 nitrogen and oxygen atoms in total. The minimum Gasteiger partial charge on any atom is -0.390 e. The van der Waals surface area contributed by atoms with E-state index in [0.717, 1.165) is 11.4 Å². The summed E-state index contributed by atoms with van der Waals surface area (Å²) in [7, 11) is 0. The third kappa shape index (κ3) is 4.42. The number of aliphatic hydroxyl groups excluding tert-OH is 2. The van der Waals surface area contributed by atoms with Gasteiger partial charge in [0, 0.05) is 42.3 Å². The number of aromatic nitrogens is 2. The third-order valence-electron chi connectivity index (χ3n) is 6.90. The zero-order valence-corrected chi connectivity index (χ0v) is 19.3. The molecule has 3 aliphatic rings. The molecule has 5 N–H and O–H groups in total. The Kier molecular flexibility index (Phi) is 6.32. The molecule has 1 saturated heterocycles. The van der Waals surface area contributed by atoms with Crippen LogP contribution in [0.2, 0.25) is 0 Å². The van der Waals surface area contributed by atoms with Crippen molar-refractivity contribution in [3.05, 3.63) is 42.7 Å². The molecule has 0 bridgehead atoms. The van der Waals surface area contributed by atoms with Crippen LogP contribution >= 0.6 is 11.8 Å². The monoisotopic (exact) mass is 484 g/mol. The van der Waals surface area contributed by atoms with Gasteiger partial charge in [0.05, 0.1) is 23.8 Å². The van der Waals surface area contributed by atoms with E-state index in [2.05, 4.69) is 15.4 Å². The number of aliphatic hydroxyl groups is 2. The van der Waals surface area contributed by atoms with E-state index in [1.165, 1.54) is 11.8 Å². The highest BCUT2D eigenvalue weighted by Gasteiger charge is 2.51. The van der Waals surface area contributed by atoms with Gasteiger partial charge < -0.3 is 26.2 Å². The number of amidine groups is 1. The van der Waals surface area contributed by atoms with Crippen LogP contribution in [-0.4, -0.2) is 78.5 Å². The Balaban J connectivity index is 1.27. The quantitative estimate of drug-likeness (QED) is 0.497. The number of hydrogen-bond donors (Lipinski definition) is 4. The van der Waals surface area contributed by atoms with Crippen molar-refractivity contribution in [2.24, 2.45) is 22.6 Å². The summed E-state index contributed by atoms with van der Waals surface area (Å²) in [5.74, 6) is -1.05. The number of nitrogens with zero attached hydrogens (tertiary/aromatic N) is 4. The molecule has 1 saturated carbocycles. The molecule has 0 radical (unpaired) electrons. The van der Waals surface area contributed by atoms with Gasteiger partial charge in [0.15, 0.2) is 5.17 Å². The number of nitrogens with two attached hydrogens (primary N) is 1. The number of anilines is 1.